The highest BCUT2D eigenvalue weighted by Gasteiger charge is 1.96. The number of rotatable bonds is 5. The number of methoxy groups -OCH3 is 1. The summed E-state index contributed by atoms with van der Waals surface area (Å²) in [6, 6.07) is 0. The van der Waals surface area contributed by atoms with Gasteiger partial charge < -0.3 is 4.74 Å². The molecule has 0 rings (SSSR count). The molecule has 0 radical (unpaired) electrons. The predicted octanol–water partition coefficient (Wildman–Crippen LogP) is 2.97. The SMILES string of the molecule is C=C(C=CC(=CC)C(Cl)=CC=O)OC. The Hall–Kier alpha value is -1.28. The molecule has 0 bridgehead atoms. The summed E-state index contributed by atoms with van der Waals surface area (Å²) in [6.45, 7) is 5.45. The van der Waals surface area contributed by atoms with Gasteiger partial charge in [0.1, 0.15) is 12.0 Å². The Kier molecular flexibility index (Phi) is 6.50. The molecule has 0 aromatic heterocycles. The third-order valence-electron chi connectivity index (χ3n) is 1.51. The molecule has 0 aliphatic rings. The summed E-state index contributed by atoms with van der Waals surface area (Å²) in [5, 5.41) is 0.391. The second-order valence-corrected chi connectivity index (χ2v) is 2.81. The van der Waals surface area contributed by atoms with Gasteiger partial charge >= 0.3 is 0 Å². The number of allylic oxidation sites excluding steroid dienone is 6. The van der Waals surface area contributed by atoms with E-state index >= 15 is 0 Å². The number of carbonyl (C=O) groups excluding carboxylic acids is 1. The summed E-state index contributed by atoms with van der Waals surface area (Å²) in [4.78, 5) is 10.2. The van der Waals surface area contributed by atoms with Gasteiger partial charge in [0.15, 0.2) is 0 Å². The summed E-state index contributed by atoms with van der Waals surface area (Å²) in [7, 11) is 1.53. The van der Waals surface area contributed by atoms with Crippen LogP contribution in [0, 0.1) is 0 Å². The smallest absolute Gasteiger partial charge is 0.144 e. The quantitative estimate of drug-likeness (QED) is 0.303. The molecule has 0 aromatic carbocycles. The molecule has 0 heterocycles. The molecule has 0 aliphatic heterocycles. The molecule has 0 saturated heterocycles. The van der Waals surface area contributed by atoms with E-state index in [1.54, 1.807) is 18.2 Å². The monoisotopic (exact) mass is 212 g/mol. The van der Waals surface area contributed by atoms with Crippen molar-refractivity contribution in [3.63, 3.8) is 0 Å². The minimum atomic E-state index is 0.391. The molecule has 0 atom stereocenters. The van der Waals surface area contributed by atoms with Crippen molar-refractivity contribution in [2.45, 2.75) is 6.92 Å². The van der Waals surface area contributed by atoms with Gasteiger partial charge in [-0.3, -0.25) is 4.79 Å². The van der Waals surface area contributed by atoms with Gasteiger partial charge in [-0.2, -0.15) is 0 Å². The lowest BCUT2D eigenvalue weighted by Gasteiger charge is -1.99. The standard InChI is InChI=1S/C11H13ClO2/c1-4-10(11(12)7-8-13)6-5-9(2)14-3/h4-8H,2H2,1,3H3. The van der Waals surface area contributed by atoms with Gasteiger partial charge in [0.25, 0.3) is 0 Å². The molecule has 0 aromatic rings. The first-order valence-corrected chi connectivity index (χ1v) is 4.42. The largest absolute Gasteiger partial charge is 0.497 e. The Morgan fingerprint density at radius 2 is 2.07 bits per heavy atom. The first kappa shape index (κ1) is 12.7. The zero-order valence-corrected chi connectivity index (χ0v) is 9.04. The van der Waals surface area contributed by atoms with E-state index in [1.807, 2.05) is 6.92 Å². The van der Waals surface area contributed by atoms with Crippen LogP contribution in [0.5, 0.6) is 0 Å². The minimum Gasteiger partial charge on any atom is -0.497 e. The first-order valence-electron chi connectivity index (χ1n) is 4.04. The molecule has 0 amide bonds. The summed E-state index contributed by atoms with van der Waals surface area (Å²) >= 11 is 5.81. The molecule has 3 heteroatoms. The fourth-order valence-electron chi connectivity index (χ4n) is 0.720. The van der Waals surface area contributed by atoms with Crippen molar-refractivity contribution in [2.75, 3.05) is 7.11 Å². The predicted molar refractivity (Wildman–Crippen MR) is 59.0 cm³/mol. The van der Waals surface area contributed by atoms with Crippen molar-refractivity contribution < 1.29 is 9.53 Å². The highest BCUT2D eigenvalue weighted by atomic mass is 35.5. The molecular formula is C11H13ClO2. The Balaban J connectivity index is 4.62. The molecule has 0 saturated carbocycles. The minimum absolute atomic E-state index is 0.391. The van der Waals surface area contributed by atoms with Gasteiger partial charge in [-0.1, -0.05) is 30.3 Å². The third kappa shape index (κ3) is 4.67. The Labute approximate surface area is 89.2 Å². The Morgan fingerprint density at radius 1 is 1.43 bits per heavy atom. The second kappa shape index (κ2) is 7.15. The lowest BCUT2D eigenvalue weighted by Crippen LogP contribution is -1.82. The van der Waals surface area contributed by atoms with Crippen molar-refractivity contribution >= 4 is 17.9 Å². The van der Waals surface area contributed by atoms with E-state index < -0.39 is 0 Å². The maximum Gasteiger partial charge on any atom is 0.144 e. The van der Waals surface area contributed by atoms with E-state index in [-0.39, 0.29) is 0 Å². The van der Waals surface area contributed by atoms with E-state index in [2.05, 4.69) is 6.58 Å². The number of ether oxygens (including phenoxy) is 1. The second-order valence-electron chi connectivity index (χ2n) is 2.40. The highest BCUT2D eigenvalue weighted by Crippen LogP contribution is 2.15. The molecule has 0 unspecified atom stereocenters. The van der Waals surface area contributed by atoms with Crippen LogP contribution in [0.2, 0.25) is 0 Å². The Bertz CT molecular complexity index is 298. The summed E-state index contributed by atoms with van der Waals surface area (Å²) in [5.74, 6) is 0.528. The number of hydrogen-bond acceptors (Lipinski definition) is 2. The fraction of sp³-hybridized carbons (Fsp3) is 0.182. The van der Waals surface area contributed by atoms with E-state index in [0.717, 1.165) is 5.57 Å². The number of carbonyl (C=O) groups is 1. The first-order chi connectivity index (χ1) is 6.65. The third-order valence-corrected chi connectivity index (χ3v) is 1.86. The van der Waals surface area contributed by atoms with E-state index in [4.69, 9.17) is 16.3 Å². The van der Waals surface area contributed by atoms with Gasteiger partial charge in [0, 0.05) is 0 Å². The van der Waals surface area contributed by atoms with Crippen molar-refractivity contribution in [3.05, 3.63) is 47.2 Å². The van der Waals surface area contributed by atoms with Crippen LogP contribution in [0.3, 0.4) is 0 Å². The number of halogens is 1. The number of aldehydes is 1. The topological polar surface area (TPSA) is 26.3 Å². The van der Waals surface area contributed by atoms with E-state index in [9.17, 15) is 4.79 Å². The summed E-state index contributed by atoms with van der Waals surface area (Å²) in [5.41, 5.74) is 0.747. The van der Waals surface area contributed by atoms with Gasteiger partial charge in [0.05, 0.1) is 12.1 Å². The molecule has 2 nitrogen and oxygen atoms in total. The van der Waals surface area contributed by atoms with Gasteiger partial charge in [-0.15, -0.1) is 0 Å². The van der Waals surface area contributed by atoms with Crippen molar-refractivity contribution in [1.82, 2.24) is 0 Å². The lowest BCUT2D eigenvalue weighted by molar-refractivity contribution is -0.104. The summed E-state index contributed by atoms with van der Waals surface area (Å²) < 4.78 is 4.84. The van der Waals surface area contributed by atoms with Crippen LogP contribution in [-0.2, 0) is 9.53 Å². The zero-order valence-electron chi connectivity index (χ0n) is 8.29. The van der Waals surface area contributed by atoms with Crippen LogP contribution in [0.25, 0.3) is 0 Å². The fourth-order valence-corrected chi connectivity index (χ4v) is 0.944. The van der Waals surface area contributed by atoms with Crippen LogP contribution in [0.4, 0.5) is 0 Å². The van der Waals surface area contributed by atoms with Gasteiger partial charge in [-0.05, 0) is 24.6 Å². The van der Waals surface area contributed by atoms with Crippen molar-refractivity contribution in [3.8, 4) is 0 Å². The molecule has 0 spiro atoms. The maximum atomic E-state index is 10.2. The lowest BCUT2D eigenvalue weighted by atomic mass is 10.2. The zero-order chi connectivity index (χ0) is 11.0. The molecule has 14 heavy (non-hydrogen) atoms. The van der Waals surface area contributed by atoms with Crippen LogP contribution in [0.15, 0.2) is 47.2 Å². The normalized spacial score (nSPS) is 13.1. The van der Waals surface area contributed by atoms with Crippen molar-refractivity contribution in [1.29, 1.82) is 0 Å². The van der Waals surface area contributed by atoms with Crippen LogP contribution in [-0.4, -0.2) is 13.4 Å². The maximum absolute atomic E-state index is 10.2. The van der Waals surface area contributed by atoms with Gasteiger partial charge in [0.2, 0.25) is 0 Å². The van der Waals surface area contributed by atoms with Crippen LogP contribution in [0.1, 0.15) is 6.92 Å². The summed E-state index contributed by atoms with van der Waals surface area (Å²) in [6.07, 6.45) is 7.13. The average molecular weight is 213 g/mol. The van der Waals surface area contributed by atoms with Crippen LogP contribution >= 0.6 is 11.6 Å². The van der Waals surface area contributed by atoms with E-state index in [1.165, 1.54) is 13.2 Å². The number of hydrogen-bond donors (Lipinski definition) is 0. The van der Waals surface area contributed by atoms with Crippen LogP contribution < -0.4 is 0 Å². The van der Waals surface area contributed by atoms with Gasteiger partial charge in [-0.25, -0.2) is 0 Å². The Morgan fingerprint density at radius 3 is 2.50 bits per heavy atom. The average Bonchev–Trinajstić information content (AvgIpc) is 2.18. The molecule has 0 aliphatic carbocycles. The van der Waals surface area contributed by atoms with Crippen molar-refractivity contribution in [2.24, 2.45) is 0 Å². The highest BCUT2D eigenvalue weighted by molar-refractivity contribution is 6.33. The molecule has 76 valence electrons. The van der Waals surface area contributed by atoms with E-state index in [0.29, 0.717) is 17.1 Å². The molecule has 0 N–H and O–H groups in total. The molecular weight excluding hydrogens is 200 g/mol. The molecule has 0 fully saturated rings.